The molecule has 2 N–H and O–H groups in total. The summed E-state index contributed by atoms with van der Waals surface area (Å²) in [7, 11) is 0. The molecule has 1 aromatic carbocycles. The van der Waals surface area contributed by atoms with E-state index in [1.54, 1.807) is 6.07 Å². The third kappa shape index (κ3) is 1.72. The Hall–Kier alpha value is -1.42. The van der Waals surface area contributed by atoms with Crippen LogP contribution in [0.25, 0.3) is 0 Å². The summed E-state index contributed by atoms with van der Waals surface area (Å²) in [6.07, 6.45) is 1.27. The lowest BCUT2D eigenvalue weighted by Gasteiger charge is -2.19. The summed E-state index contributed by atoms with van der Waals surface area (Å²) in [5, 5.41) is 12.1. The molecule has 90 valence electrons. The van der Waals surface area contributed by atoms with Gasteiger partial charge >= 0.3 is 5.97 Å². The number of aliphatic carboxylic acids is 1. The summed E-state index contributed by atoms with van der Waals surface area (Å²) in [6.45, 7) is 1.50. The molecular formula is C13H14FNO2. The molecule has 1 aliphatic heterocycles. The summed E-state index contributed by atoms with van der Waals surface area (Å²) in [5.74, 6) is -1.48. The van der Waals surface area contributed by atoms with E-state index < -0.39 is 5.97 Å². The van der Waals surface area contributed by atoms with Crippen LogP contribution in [0.15, 0.2) is 12.1 Å². The van der Waals surface area contributed by atoms with Crippen molar-refractivity contribution in [2.75, 3.05) is 6.54 Å². The van der Waals surface area contributed by atoms with E-state index in [2.05, 4.69) is 5.32 Å². The molecular weight excluding hydrogens is 221 g/mol. The van der Waals surface area contributed by atoms with Crippen molar-refractivity contribution in [3.05, 3.63) is 34.6 Å². The zero-order valence-corrected chi connectivity index (χ0v) is 9.37. The summed E-state index contributed by atoms with van der Waals surface area (Å²) in [5.41, 5.74) is 2.38. The average Bonchev–Trinajstić information content (AvgIpc) is 3.10. The van der Waals surface area contributed by atoms with E-state index in [4.69, 9.17) is 5.11 Å². The highest BCUT2D eigenvalue weighted by Gasteiger charge is 2.45. The molecule has 3 nitrogen and oxygen atoms in total. The van der Waals surface area contributed by atoms with Gasteiger partial charge in [0.1, 0.15) is 5.82 Å². The van der Waals surface area contributed by atoms with E-state index in [0.29, 0.717) is 24.9 Å². The lowest BCUT2D eigenvalue weighted by atomic mass is 9.95. The first-order valence-electron chi connectivity index (χ1n) is 5.92. The van der Waals surface area contributed by atoms with Crippen LogP contribution in [0.2, 0.25) is 0 Å². The van der Waals surface area contributed by atoms with Crippen molar-refractivity contribution < 1.29 is 14.3 Å². The van der Waals surface area contributed by atoms with E-state index in [9.17, 15) is 9.18 Å². The number of carboxylic acids is 1. The van der Waals surface area contributed by atoms with Gasteiger partial charge in [0.15, 0.2) is 0 Å². The molecule has 1 saturated carbocycles. The fraction of sp³-hybridized carbons (Fsp3) is 0.462. The molecule has 2 atom stereocenters. The summed E-state index contributed by atoms with van der Waals surface area (Å²) >= 11 is 0. The van der Waals surface area contributed by atoms with Gasteiger partial charge in [-0.1, -0.05) is 12.1 Å². The van der Waals surface area contributed by atoms with E-state index >= 15 is 0 Å². The number of rotatable bonds is 2. The first-order chi connectivity index (χ1) is 8.18. The number of hydrogen-bond acceptors (Lipinski definition) is 2. The van der Waals surface area contributed by atoms with Crippen LogP contribution < -0.4 is 5.32 Å². The first kappa shape index (κ1) is 10.7. The lowest BCUT2D eigenvalue weighted by Crippen LogP contribution is -2.25. The van der Waals surface area contributed by atoms with Gasteiger partial charge in [-0.2, -0.15) is 0 Å². The molecule has 0 amide bonds. The number of halogens is 1. The SMILES string of the molecule is O=C(O)C1CC1c1ccc2c(c1F)CCNC2. The minimum atomic E-state index is -0.811. The molecule has 3 rings (SSSR count). The van der Waals surface area contributed by atoms with Crippen molar-refractivity contribution in [1.29, 1.82) is 0 Å². The predicted octanol–water partition coefficient (Wildman–Crippen LogP) is 1.66. The molecule has 0 saturated heterocycles. The Bertz CT molecular complexity index is 487. The summed E-state index contributed by atoms with van der Waals surface area (Å²) in [4.78, 5) is 10.8. The van der Waals surface area contributed by atoms with Crippen LogP contribution in [0, 0.1) is 11.7 Å². The van der Waals surface area contributed by atoms with Gasteiger partial charge in [0.25, 0.3) is 0 Å². The topological polar surface area (TPSA) is 49.3 Å². The normalized spacial score (nSPS) is 26.4. The highest BCUT2D eigenvalue weighted by Crippen LogP contribution is 2.49. The smallest absolute Gasteiger partial charge is 0.307 e. The maximum Gasteiger partial charge on any atom is 0.307 e. The molecule has 1 aliphatic carbocycles. The monoisotopic (exact) mass is 235 g/mol. The van der Waals surface area contributed by atoms with Gasteiger partial charge in [-0.15, -0.1) is 0 Å². The molecule has 0 radical (unpaired) electrons. The Morgan fingerprint density at radius 2 is 2.29 bits per heavy atom. The Kier molecular flexibility index (Phi) is 2.40. The number of carbonyl (C=O) groups is 1. The zero-order valence-electron chi connectivity index (χ0n) is 9.37. The molecule has 4 heteroatoms. The van der Waals surface area contributed by atoms with Gasteiger partial charge in [-0.05, 0) is 36.1 Å². The Balaban J connectivity index is 1.94. The van der Waals surface area contributed by atoms with Gasteiger partial charge in [-0.3, -0.25) is 4.79 Å². The second kappa shape index (κ2) is 3.81. The molecule has 0 bridgehead atoms. The zero-order chi connectivity index (χ0) is 12.0. The largest absolute Gasteiger partial charge is 0.481 e. The van der Waals surface area contributed by atoms with Crippen LogP contribution in [0.3, 0.4) is 0 Å². The fourth-order valence-corrected chi connectivity index (χ4v) is 2.65. The van der Waals surface area contributed by atoms with Gasteiger partial charge in [0.05, 0.1) is 5.92 Å². The second-order valence-corrected chi connectivity index (χ2v) is 4.82. The van der Waals surface area contributed by atoms with E-state index in [1.807, 2.05) is 6.07 Å². The Morgan fingerprint density at radius 1 is 1.47 bits per heavy atom. The van der Waals surface area contributed by atoms with Crippen LogP contribution in [0.1, 0.15) is 29.0 Å². The molecule has 1 heterocycles. The fourth-order valence-electron chi connectivity index (χ4n) is 2.65. The third-order valence-corrected chi connectivity index (χ3v) is 3.74. The highest BCUT2D eigenvalue weighted by atomic mass is 19.1. The van der Waals surface area contributed by atoms with Gasteiger partial charge in [-0.25, -0.2) is 4.39 Å². The number of carboxylic acid groups (broad SMARTS) is 1. The van der Waals surface area contributed by atoms with Crippen LogP contribution in [-0.2, 0) is 17.8 Å². The molecule has 2 aliphatic rings. The van der Waals surface area contributed by atoms with Crippen LogP contribution in [-0.4, -0.2) is 17.6 Å². The van der Waals surface area contributed by atoms with Crippen LogP contribution >= 0.6 is 0 Å². The molecule has 1 aromatic rings. The number of benzene rings is 1. The van der Waals surface area contributed by atoms with Gasteiger partial charge in [0, 0.05) is 12.5 Å². The van der Waals surface area contributed by atoms with Crippen molar-refractivity contribution in [3.8, 4) is 0 Å². The number of nitrogens with one attached hydrogen (secondary N) is 1. The highest BCUT2D eigenvalue weighted by molar-refractivity contribution is 5.75. The maximum atomic E-state index is 14.3. The van der Waals surface area contributed by atoms with Crippen molar-refractivity contribution in [3.63, 3.8) is 0 Å². The molecule has 0 aromatic heterocycles. The van der Waals surface area contributed by atoms with Crippen molar-refractivity contribution in [1.82, 2.24) is 5.32 Å². The minimum absolute atomic E-state index is 0.118. The van der Waals surface area contributed by atoms with Gasteiger partial charge in [0.2, 0.25) is 0 Å². The van der Waals surface area contributed by atoms with E-state index in [-0.39, 0.29) is 17.7 Å². The maximum absolute atomic E-state index is 14.3. The van der Waals surface area contributed by atoms with Crippen molar-refractivity contribution in [2.24, 2.45) is 5.92 Å². The third-order valence-electron chi connectivity index (χ3n) is 3.74. The van der Waals surface area contributed by atoms with Gasteiger partial charge < -0.3 is 10.4 Å². The standard InChI is InChI=1S/C13H14FNO2/c14-12-8-3-4-15-6-7(8)1-2-9(12)10-5-11(10)13(16)17/h1-2,10-11,15H,3-6H2,(H,16,17). The Morgan fingerprint density at radius 3 is 3.00 bits per heavy atom. The van der Waals surface area contributed by atoms with Crippen molar-refractivity contribution >= 4 is 5.97 Å². The Labute approximate surface area is 98.6 Å². The lowest BCUT2D eigenvalue weighted by molar-refractivity contribution is -0.138. The van der Waals surface area contributed by atoms with Crippen molar-refractivity contribution in [2.45, 2.75) is 25.3 Å². The number of fused-ring (bicyclic) bond motifs is 1. The summed E-state index contributed by atoms with van der Waals surface area (Å²) < 4.78 is 14.3. The first-order valence-corrected chi connectivity index (χ1v) is 5.92. The predicted molar refractivity (Wildman–Crippen MR) is 60.3 cm³/mol. The quantitative estimate of drug-likeness (QED) is 0.819. The van der Waals surface area contributed by atoms with Crippen LogP contribution in [0.4, 0.5) is 4.39 Å². The average molecular weight is 235 g/mol. The van der Waals surface area contributed by atoms with E-state index in [0.717, 1.165) is 17.7 Å². The molecule has 2 unspecified atom stereocenters. The van der Waals surface area contributed by atoms with Crippen LogP contribution in [0.5, 0.6) is 0 Å². The minimum Gasteiger partial charge on any atom is -0.481 e. The second-order valence-electron chi connectivity index (χ2n) is 4.82. The van der Waals surface area contributed by atoms with E-state index in [1.165, 1.54) is 0 Å². The molecule has 0 spiro atoms. The summed E-state index contributed by atoms with van der Waals surface area (Å²) in [6, 6.07) is 3.69. The molecule has 17 heavy (non-hydrogen) atoms. The number of hydrogen-bond donors (Lipinski definition) is 2. The molecule has 1 fully saturated rings.